The second-order valence-electron chi connectivity index (χ2n) is 4.16. The van der Waals surface area contributed by atoms with E-state index in [0.29, 0.717) is 12.3 Å². The predicted octanol–water partition coefficient (Wildman–Crippen LogP) is 2.60. The van der Waals surface area contributed by atoms with Gasteiger partial charge in [0.1, 0.15) is 0 Å². The molecule has 0 spiro atoms. The molecular weight excluding hydrogens is 188 g/mol. The minimum absolute atomic E-state index is 0.231. The summed E-state index contributed by atoms with van der Waals surface area (Å²) in [5.41, 5.74) is 1.73. The van der Waals surface area contributed by atoms with Crippen molar-refractivity contribution in [1.82, 2.24) is 9.78 Å². The number of hydrogen-bond acceptors (Lipinski definition) is 2. The molecule has 1 aromatic heterocycles. The zero-order valence-electron chi connectivity index (χ0n) is 10.1. The van der Waals surface area contributed by atoms with Crippen molar-refractivity contribution in [3.63, 3.8) is 0 Å². The van der Waals surface area contributed by atoms with Crippen molar-refractivity contribution in [2.24, 2.45) is 13.0 Å². The lowest BCUT2D eigenvalue weighted by atomic mass is 9.98. The standard InChI is InChI=1S/C12H20N2O/c1-5-9(3)7-12(15)10-8-14(4)13-11(10)6-2/h8-9H,5-7H2,1-4H3. The van der Waals surface area contributed by atoms with E-state index in [1.807, 2.05) is 20.2 Å². The molecule has 1 aromatic rings. The van der Waals surface area contributed by atoms with Gasteiger partial charge in [-0.25, -0.2) is 0 Å². The van der Waals surface area contributed by atoms with Crippen molar-refractivity contribution in [3.05, 3.63) is 17.5 Å². The Morgan fingerprint density at radius 1 is 1.53 bits per heavy atom. The average molecular weight is 208 g/mol. The Balaban J connectivity index is 2.81. The number of aryl methyl sites for hydroxylation is 2. The molecule has 0 aromatic carbocycles. The minimum Gasteiger partial charge on any atom is -0.294 e. The fourth-order valence-electron chi connectivity index (χ4n) is 1.60. The summed E-state index contributed by atoms with van der Waals surface area (Å²) in [4.78, 5) is 12.0. The number of aromatic nitrogens is 2. The Morgan fingerprint density at radius 2 is 2.20 bits per heavy atom. The number of carbonyl (C=O) groups excluding carboxylic acids is 1. The molecule has 1 heterocycles. The van der Waals surface area contributed by atoms with Gasteiger partial charge >= 0.3 is 0 Å². The van der Waals surface area contributed by atoms with Gasteiger partial charge in [0.05, 0.1) is 11.3 Å². The first-order chi connectivity index (χ1) is 7.08. The molecule has 1 unspecified atom stereocenters. The maximum absolute atomic E-state index is 12.0. The Labute approximate surface area is 91.5 Å². The topological polar surface area (TPSA) is 34.9 Å². The van der Waals surface area contributed by atoms with E-state index < -0.39 is 0 Å². The van der Waals surface area contributed by atoms with Crippen LogP contribution in [0.3, 0.4) is 0 Å². The van der Waals surface area contributed by atoms with E-state index in [2.05, 4.69) is 18.9 Å². The van der Waals surface area contributed by atoms with Gasteiger partial charge in [-0.3, -0.25) is 9.48 Å². The van der Waals surface area contributed by atoms with Crippen LogP contribution in [0, 0.1) is 5.92 Å². The molecule has 1 rings (SSSR count). The monoisotopic (exact) mass is 208 g/mol. The van der Waals surface area contributed by atoms with Crippen molar-refractivity contribution >= 4 is 5.78 Å². The Hall–Kier alpha value is -1.12. The highest BCUT2D eigenvalue weighted by molar-refractivity contribution is 5.97. The smallest absolute Gasteiger partial charge is 0.166 e. The van der Waals surface area contributed by atoms with Crippen LogP contribution in [-0.2, 0) is 13.5 Å². The van der Waals surface area contributed by atoms with Gasteiger partial charge in [0, 0.05) is 19.7 Å². The second kappa shape index (κ2) is 5.10. The molecule has 0 N–H and O–H groups in total. The molecule has 84 valence electrons. The molecule has 0 bridgehead atoms. The van der Waals surface area contributed by atoms with Gasteiger partial charge in [-0.2, -0.15) is 5.10 Å². The summed E-state index contributed by atoms with van der Waals surface area (Å²) in [6.07, 6.45) is 4.34. The maximum Gasteiger partial charge on any atom is 0.166 e. The second-order valence-corrected chi connectivity index (χ2v) is 4.16. The number of nitrogens with zero attached hydrogens (tertiary/aromatic N) is 2. The molecule has 0 fully saturated rings. The molecule has 0 aliphatic carbocycles. The molecule has 0 saturated carbocycles. The Kier molecular flexibility index (Phi) is 4.06. The summed E-state index contributed by atoms with van der Waals surface area (Å²) in [5, 5.41) is 4.28. The van der Waals surface area contributed by atoms with Gasteiger partial charge in [-0.1, -0.05) is 27.2 Å². The van der Waals surface area contributed by atoms with Crippen LogP contribution in [0.4, 0.5) is 0 Å². The van der Waals surface area contributed by atoms with Gasteiger partial charge in [0.2, 0.25) is 0 Å². The van der Waals surface area contributed by atoms with Crippen LogP contribution in [-0.4, -0.2) is 15.6 Å². The summed E-state index contributed by atoms with van der Waals surface area (Å²) in [7, 11) is 1.86. The zero-order chi connectivity index (χ0) is 11.4. The highest BCUT2D eigenvalue weighted by Crippen LogP contribution is 2.15. The first kappa shape index (κ1) is 12.0. The molecule has 1 atom stereocenters. The lowest BCUT2D eigenvalue weighted by Gasteiger charge is -2.06. The summed E-state index contributed by atoms with van der Waals surface area (Å²) in [5.74, 6) is 0.691. The van der Waals surface area contributed by atoms with E-state index in [9.17, 15) is 4.79 Å². The lowest BCUT2D eigenvalue weighted by Crippen LogP contribution is -2.06. The van der Waals surface area contributed by atoms with E-state index >= 15 is 0 Å². The molecule has 3 nitrogen and oxygen atoms in total. The number of carbonyl (C=O) groups is 1. The largest absolute Gasteiger partial charge is 0.294 e. The van der Waals surface area contributed by atoms with E-state index in [0.717, 1.165) is 24.1 Å². The highest BCUT2D eigenvalue weighted by atomic mass is 16.1. The van der Waals surface area contributed by atoms with Gasteiger partial charge < -0.3 is 0 Å². The summed E-state index contributed by atoms with van der Waals surface area (Å²) < 4.78 is 1.72. The van der Waals surface area contributed by atoms with E-state index in [1.54, 1.807) is 4.68 Å². The van der Waals surface area contributed by atoms with Crippen LogP contribution in [0.2, 0.25) is 0 Å². The zero-order valence-corrected chi connectivity index (χ0v) is 10.1. The third-order valence-electron chi connectivity index (χ3n) is 2.77. The van der Waals surface area contributed by atoms with Crippen LogP contribution in [0.5, 0.6) is 0 Å². The van der Waals surface area contributed by atoms with E-state index in [4.69, 9.17) is 0 Å². The van der Waals surface area contributed by atoms with E-state index in [1.165, 1.54) is 0 Å². The first-order valence-electron chi connectivity index (χ1n) is 5.64. The van der Waals surface area contributed by atoms with Crippen LogP contribution in [0.15, 0.2) is 6.20 Å². The minimum atomic E-state index is 0.231. The number of ketones is 1. The van der Waals surface area contributed by atoms with Gasteiger partial charge in [0.15, 0.2) is 5.78 Å². The van der Waals surface area contributed by atoms with Crippen molar-refractivity contribution in [2.45, 2.75) is 40.0 Å². The molecule has 0 aliphatic heterocycles. The molecule has 0 radical (unpaired) electrons. The third kappa shape index (κ3) is 2.91. The SMILES string of the molecule is CCc1nn(C)cc1C(=O)CC(C)CC. The van der Waals surface area contributed by atoms with E-state index in [-0.39, 0.29) is 5.78 Å². The summed E-state index contributed by atoms with van der Waals surface area (Å²) in [6, 6.07) is 0. The van der Waals surface area contributed by atoms with Gasteiger partial charge in [0.25, 0.3) is 0 Å². The number of hydrogen-bond donors (Lipinski definition) is 0. The van der Waals surface area contributed by atoms with Crippen LogP contribution in [0.1, 0.15) is 49.7 Å². The van der Waals surface area contributed by atoms with Crippen LogP contribution < -0.4 is 0 Å². The molecule has 15 heavy (non-hydrogen) atoms. The summed E-state index contributed by atoms with van der Waals surface area (Å²) in [6.45, 7) is 6.25. The van der Waals surface area contributed by atoms with Crippen molar-refractivity contribution < 1.29 is 4.79 Å². The molecule has 0 aliphatic rings. The molecule has 0 saturated heterocycles. The average Bonchev–Trinajstić information content (AvgIpc) is 2.59. The number of rotatable bonds is 5. The summed E-state index contributed by atoms with van der Waals surface area (Å²) >= 11 is 0. The highest BCUT2D eigenvalue weighted by Gasteiger charge is 2.15. The van der Waals surface area contributed by atoms with Gasteiger partial charge in [-0.15, -0.1) is 0 Å². The lowest BCUT2D eigenvalue weighted by molar-refractivity contribution is 0.0962. The molecule has 3 heteroatoms. The maximum atomic E-state index is 12.0. The van der Waals surface area contributed by atoms with Crippen molar-refractivity contribution in [2.75, 3.05) is 0 Å². The molecular formula is C12H20N2O. The quantitative estimate of drug-likeness (QED) is 0.697. The van der Waals surface area contributed by atoms with Crippen LogP contribution >= 0.6 is 0 Å². The van der Waals surface area contributed by atoms with Gasteiger partial charge in [-0.05, 0) is 12.3 Å². The first-order valence-corrected chi connectivity index (χ1v) is 5.64. The van der Waals surface area contributed by atoms with Crippen molar-refractivity contribution in [1.29, 1.82) is 0 Å². The fraction of sp³-hybridized carbons (Fsp3) is 0.667. The Bertz CT molecular complexity index is 341. The third-order valence-corrected chi connectivity index (χ3v) is 2.77. The number of Topliss-reactive ketones (excluding diaryl/α,β-unsaturated/α-hetero) is 1. The fourth-order valence-corrected chi connectivity index (χ4v) is 1.60. The molecule has 0 amide bonds. The van der Waals surface area contributed by atoms with Crippen molar-refractivity contribution in [3.8, 4) is 0 Å². The predicted molar refractivity (Wildman–Crippen MR) is 61.0 cm³/mol. The Morgan fingerprint density at radius 3 is 2.73 bits per heavy atom. The van der Waals surface area contributed by atoms with Crippen LogP contribution in [0.25, 0.3) is 0 Å². The normalized spacial score (nSPS) is 12.8.